The minimum Gasteiger partial charge on any atom is -0.494 e. The minimum atomic E-state index is -1.18. The smallest absolute Gasteiger partial charge is 0.280 e. The lowest BCUT2D eigenvalue weighted by molar-refractivity contribution is -0.124. The molecule has 0 fully saturated rings. The van der Waals surface area contributed by atoms with Crippen LogP contribution in [0.3, 0.4) is 0 Å². The van der Waals surface area contributed by atoms with Crippen molar-refractivity contribution in [3.63, 3.8) is 0 Å². The molecule has 0 aliphatic rings. The van der Waals surface area contributed by atoms with E-state index in [9.17, 15) is 14.0 Å². The number of rotatable bonds is 5. The number of nitrogens with one attached hydrogen (secondary N) is 1. The van der Waals surface area contributed by atoms with Crippen LogP contribution in [0.1, 0.15) is 32.4 Å². The molecule has 0 spiro atoms. The quantitative estimate of drug-likeness (QED) is 0.388. The van der Waals surface area contributed by atoms with Crippen LogP contribution in [-0.4, -0.2) is 38.0 Å². The number of hydrogen-bond acceptors (Lipinski definition) is 5. The molecule has 0 saturated carbocycles. The molecule has 0 bridgehead atoms. The van der Waals surface area contributed by atoms with E-state index < -0.39 is 28.9 Å². The van der Waals surface area contributed by atoms with E-state index in [0.29, 0.717) is 27.9 Å². The fraction of sp³-hybridized carbons (Fsp3) is 0.214. The number of aromatic nitrogens is 4. The molecule has 2 heterocycles. The van der Waals surface area contributed by atoms with Gasteiger partial charge >= 0.3 is 0 Å². The Kier molecular flexibility index (Phi) is 5.99. The molecule has 3 aromatic carbocycles. The highest BCUT2D eigenvalue weighted by Crippen LogP contribution is 2.29. The van der Waals surface area contributed by atoms with Crippen molar-refractivity contribution in [2.45, 2.75) is 32.4 Å². The van der Waals surface area contributed by atoms with Crippen LogP contribution >= 0.6 is 0 Å². The molecule has 8 nitrogen and oxygen atoms in total. The molecule has 0 aliphatic heterocycles. The van der Waals surface area contributed by atoms with Crippen molar-refractivity contribution in [1.29, 1.82) is 0 Å². The predicted molar refractivity (Wildman–Crippen MR) is 139 cm³/mol. The van der Waals surface area contributed by atoms with Gasteiger partial charge in [0.25, 0.3) is 5.56 Å². The van der Waals surface area contributed by atoms with Gasteiger partial charge in [0, 0.05) is 11.1 Å². The first kappa shape index (κ1) is 24.2. The van der Waals surface area contributed by atoms with E-state index in [-0.39, 0.29) is 11.3 Å². The highest BCUT2D eigenvalue weighted by atomic mass is 19.1. The Balaban J connectivity index is 1.87. The Morgan fingerprint density at radius 1 is 1.00 bits per heavy atom. The average molecular weight is 500 g/mol. The van der Waals surface area contributed by atoms with E-state index in [0.717, 1.165) is 0 Å². The number of hydrogen-bond donors (Lipinski definition) is 1. The maximum Gasteiger partial charge on any atom is 0.280 e. The number of nitrogens with zero attached hydrogens (tertiary/aromatic N) is 4. The molecule has 2 aromatic heterocycles. The minimum absolute atomic E-state index is 0.0396. The molecule has 0 saturated heterocycles. The lowest BCUT2D eigenvalue weighted by Gasteiger charge is -2.27. The number of carbonyl (C=O) groups is 1. The zero-order chi connectivity index (χ0) is 26.3. The van der Waals surface area contributed by atoms with Crippen LogP contribution in [0.4, 0.5) is 4.39 Å². The molecule has 5 rings (SSSR count). The third-order valence-corrected chi connectivity index (χ3v) is 6.00. The van der Waals surface area contributed by atoms with Gasteiger partial charge in [-0.3, -0.25) is 14.2 Å². The predicted octanol–water partition coefficient (Wildman–Crippen LogP) is 4.36. The Morgan fingerprint density at radius 3 is 2.32 bits per heavy atom. The highest BCUT2D eigenvalue weighted by Gasteiger charge is 2.31. The fourth-order valence-electron chi connectivity index (χ4n) is 4.47. The highest BCUT2D eigenvalue weighted by molar-refractivity contribution is 5.89. The van der Waals surface area contributed by atoms with Gasteiger partial charge in [0.05, 0.1) is 18.1 Å². The van der Waals surface area contributed by atoms with Gasteiger partial charge in [-0.15, -0.1) is 5.10 Å². The molecule has 1 amide bonds. The molecule has 0 radical (unpaired) electrons. The van der Waals surface area contributed by atoms with Crippen LogP contribution in [0.2, 0.25) is 0 Å². The van der Waals surface area contributed by atoms with Gasteiger partial charge in [0.2, 0.25) is 5.91 Å². The molecule has 0 aliphatic carbocycles. The summed E-state index contributed by atoms with van der Waals surface area (Å²) < 4.78 is 22.8. The summed E-state index contributed by atoms with van der Waals surface area (Å²) in [7, 11) is 1.37. The molecular formula is C28H26FN5O3. The summed E-state index contributed by atoms with van der Waals surface area (Å²) in [6, 6.07) is 19.4. The van der Waals surface area contributed by atoms with Crippen molar-refractivity contribution in [2.75, 3.05) is 7.11 Å². The van der Waals surface area contributed by atoms with Crippen LogP contribution < -0.4 is 15.6 Å². The number of ether oxygens (including phenoxy) is 1. The van der Waals surface area contributed by atoms with E-state index in [2.05, 4.69) is 15.6 Å². The van der Waals surface area contributed by atoms with E-state index >= 15 is 0 Å². The number of methoxy groups -OCH3 is 1. The van der Waals surface area contributed by atoms with Gasteiger partial charge in [-0.05, 0) is 50.6 Å². The van der Waals surface area contributed by atoms with Gasteiger partial charge in [0.1, 0.15) is 11.7 Å². The first-order valence-corrected chi connectivity index (χ1v) is 11.8. The largest absolute Gasteiger partial charge is 0.494 e. The fourth-order valence-corrected chi connectivity index (χ4v) is 4.47. The van der Waals surface area contributed by atoms with Crippen LogP contribution in [0.5, 0.6) is 5.75 Å². The first-order chi connectivity index (χ1) is 17.7. The summed E-state index contributed by atoms with van der Waals surface area (Å²) in [4.78, 5) is 28.0. The Labute approximate surface area is 212 Å². The van der Waals surface area contributed by atoms with Crippen molar-refractivity contribution >= 4 is 22.5 Å². The number of amides is 1. The topological polar surface area (TPSA) is 90.5 Å². The molecule has 1 unspecified atom stereocenters. The third-order valence-electron chi connectivity index (χ3n) is 6.00. The van der Waals surface area contributed by atoms with E-state index in [1.807, 2.05) is 57.2 Å². The maximum atomic E-state index is 14.9. The monoisotopic (exact) mass is 499 g/mol. The second-order valence-corrected chi connectivity index (χ2v) is 9.76. The molecular weight excluding hydrogens is 473 g/mol. The van der Waals surface area contributed by atoms with Gasteiger partial charge < -0.3 is 10.1 Å². The summed E-state index contributed by atoms with van der Waals surface area (Å²) in [5.74, 6) is -1.05. The van der Waals surface area contributed by atoms with Gasteiger partial charge in [-0.2, -0.15) is 0 Å². The summed E-state index contributed by atoms with van der Waals surface area (Å²) in [6.07, 6.45) is 0. The van der Waals surface area contributed by atoms with Crippen molar-refractivity contribution in [1.82, 2.24) is 24.7 Å². The zero-order valence-corrected chi connectivity index (χ0v) is 20.9. The van der Waals surface area contributed by atoms with Crippen LogP contribution in [-0.2, 0) is 4.79 Å². The lowest BCUT2D eigenvalue weighted by atomic mass is 10.0. The van der Waals surface area contributed by atoms with Gasteiger partial charge in [-0.1, -0.05) is 53.7 Å². The zero-order valence-electron chi connectivity index (χ0n) is 20.9. The van der Waals surface area contributed by atoms with Crippen LogP contribution in [0.25, 0.3) is 27.8 Å². The van der Waals surface area contributed by atoms with E-state index in [1.54, 1.807) is 24.3 Å². The summed E-state index contributed by atoms with van der Waals surface area (Å²) in [5, 5.41) is 11.5. The normalized spacial score (nSPS) is 12.6. The molecule has 1 N–H and O–H groups in total. The van der Waals surface area contributed by atoms with E-state index in [4.69, 9.17) is 4.74 Å². The number of para-hydroxylation sites is 2. The molecule has 188 valence electrons. The Hall–Kier alpha value is -4.53. The molecule has 9 heteroatoms. The Bertz CT molecular complexity index is 1690. The number of carbonyl (C=O) groups excluding carboxylic acids is 1. The van der Waals surface area contributed by atoms with Crippen LogP contribution in [0.15, 0.2) is 77.6 Å². The number of halogens is 1. The van der Waals surface area contributed by atoms with Crippen molar-refractivity contribution in [3.05, 3.63) is 94.5 Å². The van der Waals surface area contributed by atoms with Crippen molar-refractivity contribution < 1.29 is 13.9 Å². The number of benzene rings is 3. The first-order valence-electron chi connectivity index (χ1n) is 11.8. The van der Waals surface area contributed by atoms with Gasteiger partial charge in [0.15, 0.2) is 17.1 Å². The Morgan fingerprint density at radius 2 is 1.68 bits per heavy atom. The SMILES string of the molecule is COc1ccc(C(C(=O)NC(C)(C)C)n2c(=O)c3c(-c4ccccc4)nnn3c3ccccc32)cc1F. The molecule has 1 atom stereocenters. The van der Waals surface area contributed by atoms with Crippen molar-refractivity contribution in [3.8, 4) is 17.0 Å². The number of fused-ring (bicyclic) bond motifs is 3. The van der Waals surface area contributed by atoms with Gasteiger partial charge in [-0.25, -0.2) is 8.91 Å². The van der Waals surface area contributed by atoms with Crippen molar-refractivity contribution in [2.24, 2.45) is 0 Å². The second-order valence-electron chi connectivity index (χ2n) is 9.76. The lowest BCUT2D eigenvalue weighted by Crippen LogP contribution is -2.46. The van der Waals surface area contributed by atoms with Crippen LogP contribution in [0, 0.1) is 5.82 Å². The maximum absolute atomic E-state index is 14.9. The summed E-state index contributed by atoms with van der Waals surface area (Å²) in [6.45, 7) is 5.53. The average Bonchev–Trinajstić information content (AvgIpc) is 3.32. The molecule has 5 aromatic rings. The molecule has 37 heavy (non-hydrogen) atoms. The second kappa shape index (κ2) is 9.16. The summed E-state index contributed by atoms with van der Waals surface area (Å²) >= 11 is 0. The third kappa shape index (κ3) is 4.33. The van der Waals surface area contributed by atoms with E-state index in [1.165, 1.54) is 28.3 Å². The standard InChI is InChI=1S/C28H26FN5O3/c1-28(2,3)30-26(35)24(18-14-15-22(37-4)19(29)16-18)33-20-12-8-9-13-21(20)34-25(27(33)36)23(31-32-34)17-10-6-5-7-11-17/h5-16,24H,1-4H3,(H,30,35). The summed E-state index contributed by atoms with van der Waals surface area (Å²) in [5.41, 5.74) is 1.57.